The van der Waals surface area contributed by atoms with Crippen LogP contribution in [0.15, 0.2) is 48.5 Å². The lowest BCUT2D eigenvalue weighted by molar-refractivity contribution is 0.0470. The number of rotatable bonds is 13. The largest absolute Gasteiger partial charge is 0.271 e. The Balaban J connectivity index is 1.23. The third kappa shape index (κ3) is 5.35. The van der Waals surface area contributed by atoms with Gasteiger partial charge in [0.15, 0.2) is 0 Å². The van der Waals surface area contributed by atoms with Crippen LogP contribution in [0.3, 0.4) is 0 Å². The van der Waals surface area contributed by atoms with E-state index in [1.165, 1.54) is 11.3 Å². The molecule has 0 unspecified atom stereocenters. The fourth-order valence-electron chi connectivity index (χ4n) is 9.85. The van der Waals surface area contributed by atoms with Crippen LogP contribution in [0.2, 0.25) is 0 Å². The van der Waals surface area contributed by atoms with Gasteiger partial charge in [0.25, 0.3) is 23.6 Å². The molecular formula is C45H50N2O4. The van der Waals surface area contributed by atoms with Crippen molar-refractivity contribution in [2.24, 2.45) is 5.92 Å². The van der Waals surface area contributed by atoms with E-state index in [0.717, 1.165) is 133 Å². The predicted octanol–water partition coefficient (Wildman–Crippen LogP) is 11.2. The number of benzene rings is 5. The fourth-order valence-corrected chi connectivity index (χ4v) is 9.85. The zero-order chi connectivity index (χ0) is 35.4. The van der Waals surface area contributed by atoms with Crippen LogP contribution < -0.4 is 0 Å². The average Bonchev–Trinajstić information content (AvgIpc) is 3.15. The highest BCUT2D eigenvalue weighted by molar-refractivity contribution is 6.41. The first-order valence-electron chi connectivity index (χ1n) is 19.8. The van der Waals surface area contributed by atoms with E-state index < -0.39 is 0 Å². The minimum atomic E-state index is -0.208. The third-order valence-electron chi connectivity index (χ3n) is 12.6. The molecule has 1 fully saturated rings. The smallest absolute Gasteiger partial charge is 0.261 e. The van der Waals surface area contributed by atoms with Crippen LogP contribution in [-0.2, 0) is 0 Å². The van der Waals surface area contributed by atoms with Crippen molar-refractivity contribution < 1.29 is 19.2 Å². The number of unbranched alkanes of at least 4 members (excludes halogenated alkanes) is 6. The SMILES string of the molecule is CCCCCCC(CCCCCC)N1C(=O)c2ccc3c4ccc5c6c(ccc(c7ccc(c2c37)C1=O)c64)C(=O)N([C@@H](C)C1CCCCC1)C5=O. The molecule has 51 heavy (non-hydrogen) atoms. The molecule has 6 nitrogen and oxygen atoms in total. The number of hydrogen-bond donors (Lipinski definition) is 0. The normalized spacial score (nSPS) is 17.4. The Kier molecular flexibility index (Phi) is 9.06. The topological polar surface area (TPSA) is 74.8 Å². The molecule has 0 radical (unpaired) electrons. The minimum absolute atomic E-state index is 0.110. The van der Waals surface area contributed by atoms with E-state index in [1.807, 2.05) is 55.5 Å². The molecule has 2 heterocycles. The summed E-state index contributed by atoms with van der Waals surface area (Å²) in [4.78, 5) is 60.3. The Labute approximate surface area is 300 Å². The third-order valence-corrected chi connectivity index (χ3v) is 12.6. The molecule has 0 saturated heterocycles. The van der Waals surface area contributed by atoms with Gasteiger partial charge in [0.05, 0.1) is 0 Å². The second kappa shape index (κ2) is 13.7. The van der Waals surface area contributed by atoms with Gasteiger partial charge in [-0.3, -0.25) is 29.0 Å². The number of carbonyl (C=O) groups is 4. The van der Waals surface area contributed by atoms with E-state index in [0.29, 0.717) is 28.2 Å². The van der Waals surface area contributed by atoms with Gasteiger partial charge in [-0.05, 0) is 95.1 Å². The molecule has 1 aliphatic carbocycles. The number of imide groups is 2. The quantitative estimate of drug-likeness (QED) is 0.0536. The van der Waals surface area contributed by atoms with Crippen molar-refractivity contribution in [2.75, 3.05) is 0 Å². The summed E-state index contributed by atoms with van der Waals surface area (Å²) in [5, 5.41) is 7.00. The van der Waals surface area contributed by atoms with E-state index in [2.05, 4.69) is 13.8 Å². The maximum atomic E-state index is 14.4. The molecule has 1 atom stereocenters. The van der Waals surface area contributed by atoms with Gasteiger partial charge in [0.2, 0.25) is 0 Å². The second-order valence-electron chi connectivity index (χ2n) is 15.6. The van der Waals surface area contributed by atoms with Gasteiger partial charge in [-0.25, -0.2) is 0 Å². The second-order valence-corrected chi connectivity index (χ2v) is 15.6. The minimum Gasteiger partial charge on any atom is -0.271 e. The lowest BCUT2D eigenvalue weighted by Crippen LogP contribution is -2.49. The van der Waals surface area contributed by atoms with Crippen molar-refractivity contribution in [1.29, 1.82) is 0 Å². The van der Waals surface area contributed by atoms with E-state index in [1.54, 1.807) is 4.90 Å². The van der Waals surface area contributed by atoms with Crippen LogP contribution in [0.25, 0.3) is 43.1 Å². The van der Waals surface area contributed by atoms with Gasteiger partial charge in [0.1, 0.15) is 0 Å². The van der Waals surface area contributed by atoms with Crippen LogP contribution in [0, 0.1) is 5.92 Å². The molecule has 2 aliphatic heterocycles. The van der Waals surface area contributed by atoms with Gasteiger partial charge in [-0.2, -0.15) is 0 Å². The van der Waals surface area contributed by atoms with E-state index in [-0.39, 0.29) is 35.7 Å². The first kappa shape index (κ1) is 33.8. The first-order valence-corrected chi connectivity index (χ1v) is 19.8. The summed E-state index contributed by atoms with van der Waals surface area (Å²) < 4.78 is 0. The molecule has 1 saturated carbocycles. The van der Waals surface area contributed by atoms with Crippen molar-refractivity contribution in [3.63, 3.8) is 0 Å². The number of carbonyl (C=O) groups excluding carboxylic acids is 4. The van der Waals surface area contributed by atoms with Gasteiger partial charge >= 0.3 is 0 Å². The average molecular weight is 683 g/mol. The lowest BCUT2D eigenvalue weighted by atomic mass is 9.80. The van der Waals surface area contributed by atoms with Gasteiger partial charge < -0.3 is 0 Å². The Hall–Kier alpha value is -4.32. The lowest BCUT2D eigenvalue weighted by Gasteiger charge is -2.38. The zero-order valence-corrected chi connectivity index (χ0v) is 30.5. The van der Waals surface area contributed by atoms with Crippen LogP contribution in [0.4, 0.5) is 0 Å². The maximum absolute atomic E-state index is 14.4. The van der Waals surface area contributed by atoms with Crippen LogP contribution in [-0.4, -0.2) is 45.5 Å². The molecule has 5 aromatic rings. The Morgan fingerprint density at radius 3 is 1.29 bits per heavy atom. The molecule has 5 aromatic carbocycles. The van der Waals surface area contributed by atoms with E-state index >= 15 is 0 Å². The molecular weight excluding hydrogens is 633 g/mol. The molecule has 264 valence electrons. The van der Waals surface area contributed by atoms with Crippen molar-refractivity contribution >= 4 is 66.7 Å². The summed E-state index contributed by atoms with van der Waals surface area (Å²) in [5.74, 6) is -0.467. The van der Waals surface area contributed by atoms with Crippen molar-refractivity contribution in [1.82, 2.24) is 9.80 Å². The summed E-state index contributed by atoms with van der Waals surface area (Å²) in [7, 11) is 0. The van der Waals surface area contributed by atoms with Crippen LogP contribution >= 0.6 is 0 Å². The summed E-state index contributed by atoms with van der Waals surface area (Å²) >= 11 is 0. The maximum Gasteiger partial charge on any atom is 0.261 e. The Morgan fingerprint density at radius 2 is 0.902 bits per heavy atom. The van der Waals surface area contributed by atoms with E-state index in [9.17, 15) is 19.2 Å². The molecule has 8 rings (SSSR count). The van der Waals surface area contributed by atoms with Crippen molar-refractivity contribution in [3.05, 3.63) is 70.8 Å². The Morgan fingerprint density at radius 1 is 0.510 bits per heavy atom. The highest BCUT2D eigenvalue weighted by atomic mass is 16.2. The molecule has 4 amide bonds. The summed E-state index contributed by atoms with van der Waals surface area (Å²) in [6, 6.07) is 15.4. The van der Waals surface area contributed by atoms with Gasteiger partial charge in [-0.1, -0.05) is 109 Å². The Bertz CT molecular complexity index is 2060. The monoisotopic (exact) mass is 682 g/mol. The number of fused-ring (bicyclic) bond motifs is 2. The van der Waals surface area contributed by atoms with Crippen LogP contribution in [0.1, 0.15) is 159 Å². The first-order chi connectivity index (χ1) is 24.9. The van der Waals surface area contributed by atoms with Gasteiger partial charge in [0, 0.05) is 45.1 Å². The number of amides is 4. The van der Waals surface area contributed by atoms with Crippen molar-refractivity contribution in [2.45, 2.75) is 129 Å². The molecule has 6 heteroatoms. The summed E-state index contributed by atoms with van der Waals surface area (Å²) in [6.07, 6.45) is 16.1. The molecule has 3 aliphatic rings. The van der Waals surface area contributed by atoms with Crippen molar-refractivity contribution in [3.8, 4) is 0 Å². The summed E-state index contributed by atoms with van der Waals surface area (Å²) in [5.41, 5.74) is 2.33. The fraction of sp³-hybridized carbons (Fsp3) is 0.467. The van der Waals surface area contributed by atoms with E-state index in [4.69, 9.17) is 0 Å². The molecule has 0 bridgehead atoms. The molecule has 0 aromatic heterocycles. The van der Waals surface area contributed by atoms with Gasteiger partial charge in [-0.15, -0.1) is 0 Å². The zero-order valence-electron chi connectivity index (χ0n) is 30.5. The summed E-state index contributed by atoms with van der Waals surface area (Å²) in [6.45, 7) is 6.44. The molecule has 0 N–H and O–H groups in total. The standard InChI is InChI=1S/C45H50N2O4/c1-4-6-8-13-17-29(18-14-9-7-5-2)47-44(50)36-25-21-32-30-19-23-34-40-35(43(49)46(42(34)48)27(3)28-15-11-10-12-16-28)24-20-31(38(30)40)33-22-26-37(45(47)51)41(36)39(32)33/h19-29H,4-18H2,1-3H3/t27-/m0/s1. The molecule has 0 spiro atoms. The number of nitrogens with zero attached hydrogens (tertiary/aromatic N) is 2. The number of hydrogen-bond acceptors (Lipinski definition) is 4. The highest BCUT2D eigenvalue weighted by Crippen LogP contribution is 2.47. The predicted molar refractivity (Wildman–Crippen MR) is 206 cm³/mol. The highest BCUT2D eigenvalue weighted by Gasteiger charge is 2.41. The van der Waals surface area contributed by atoms with Crippen LogP contribution in [0.5, 0.6) is 0 Å².